The lowest BCUT2D eigenvalue weighted by molar-refractivity contribution is -0.121. The lowest BCUT2D eigenvalue weighted by atomic mass is 10.1. The maximum absolute atomic E-state index is 11.2. The summed E-state index contributed by atoms with van der Waals surface area (Å²) in [6.07, 6.45) is 0.339. The van der Waals surface area contributed by atoms with Gasteiger partial charge >= 0.3 is 0 Å². The molecule has 0 heterocycles. The molecule has 0 aliphatic carbocycles. The molecule has 5 heteroatoms. The van der Waals surface area contributed by atoms with E-state index >= 15 is 0 Å². The van der Waals surface area contributed by atoms with E-state index < -0.39 is 0 Å². The standard InChI is InChI=1S/C15H23ClN2O2/c1-15(2,3)18-10-11-9-12(16)5-6-13(11)20-8-7-14(19)17-4/h5-6,9,18H,7-8,10H2,1-4H3,(H,17,19). The largest absolute Gasteiger partial charge is 0.493 e. The van der Waals surface area contributed by atoms with Crippen molar-refractivity contribution in [3.05, 3.63) is 28.8 Å². The Morgan fingerprint density at radius 1 is 1.35 bits per heavy atom. The van der Waals surface area contributed by atoms with E-state index in [9.17, 15) is 4.79 Å². The SMILES string of the molecule is CNC(=O)CCOc1ccc(Cl)cc1CNC(C)(C)C. The van der Waals surface area contributed by atoms with Gasteiger partial charge in [0.2, 0.25) is 5.91 Å². The van der Waals surface area contributed by atoms with E-state index in [1.807, 2.05) is 12.1 Å². The van der Waals surface area contributed by atoms with Crippen molar-refractivity contribution >= 4 is 17.5 Å². The molecule has 0 atom stereocenters. The number of halogens is 1. The highest BCUT2D eigenvalue weighted by molar-refractivity contribution is 6.30. The fourth-order valence-corrected chi connectivity index (χ4v) is 1.76. The van der Waals surface area contributed by atoms with Crippen LogP contribution in [0, 0.1) is 0 Å². The summed E-state index contributed by atoms with van der Waals surface area (Å²) in [6, 6.07) is 5.51. The van der Waals surface area contributed by atoms with Crippen LogP contribution in [-0.4, -0.2) is 25.1 Å². The summed E-state index contributed by atoms with van der Waals surface area (Å²) in [7, 11) is 1.61. The van der Waals surface area contributed by atoms with Gasteiger partial charge in [0.05, 0.1) is 13.0 Å². The van der Waals surface area contributed by atoms with Crippen molar-refractivity contribution in [2.45, 2.75) is 39.3 Å². The van der Waals surface area contributed by atoms with Crippen molar-refractivity contribution in [2.75, 3.05) is 13.7 Å². The molecule has 0 bridgehead atoms. The van der Waals surface area contributed by atoms with E-state index in [0.717, 1.165) is 11.3 Å². The smallest absolute Gasteiger partial charge is 0.223 e. The maximum Gasteiger partial charge on any atom is 0.223 e. The average Bonchev–Trinajstić information content (AvgIpc) is 2.37. The highest BCUT2D eigenvalue weighted by Crippen LogP contribution is 2.23. The molecule has 0 radical (unpaired) electrons. The number of rotatable bonds is 6. The van der Waals surface area contributed by atoms with Crippen LogP contribution in [0.5, 0.6) is 5.75 Å². The molecule has 2 N–H and O–H groups in total. The number of hydrogen-bond donors (Lipinski definition) is 2. The summed E-state index contributed by atoms with van der Waals surface area (Å²) in [5.41, 5.74) is 1.01. The molecule has 0 aromatic heterocycles. The summed E-state index contributed by atoms with van der Waals surface area (Å²) < 4.78 is 5.67. The van der Waals surface area contributed by atoms with Gasteiger partial charge in [0.25, 0.3) is 0 Å². The number of benzene rings is 1. The first-order chi connectivity index (χ1) is 9.31. The Bertz CT molecular complexity index is 456. The molecule has 0 unspecified atom stereocenters. The van der Waals surface area contributed by atoms with Crippen LogP contribution in [0.4, 0.5) is 0 Å². The number of nitrogens with one attached hydrogen (secondary N) is 2. The van der Waals surface area contributed by atoms with Crippen molar-refractivity contribution in [3.63, 3.8) is 0 Å². The lowest BCUT2D eigenvalue weighted by Crippen LogP contribution is -2.35. The van der Waals surface area contributed by atoms with Gasteiger partial charge in [-0.1, -0.05) is 11.6 Å². The zero-order chi connectivity index (χ0) is 15.2. The first kappa shape index (κ1) is 16.8. The molecule has 0 aliphatic heterocycles. The topological polar surface area (TPSA) is 50.4 Å². The van der Waals surface area contributed by atoms with Crippen LogP contribution in [0.3, 0.4) is 0 Å². The first-order valence-electron chi connectivity index (χ1n) is 6.68. The summed E-state index contributed by atoms with van der Waals surface area (Å²) in [5, 5.41) is 6.64. The van der Waals surface area contributed by atoms with Gasteiger partial charge in [-0.25, -0.2) is 0 Å². The molecule has 0 aliphatic rings. The van der Waals surface area contributed by atoms with Crippen molar-refractivity contribution in [1.82, 2.24) is 10.6 Å². The minimum Gasteiger partial charge on any atom is -0.493 e. The second-order valence-corrected chi connectivity index (χ2v) is 6.06. The third-order valence-electron chi connectivity index (χ3n) is 2.70. The Morgan fingerprint density at radius 3 is 2.65 bits per heavy atom. The van der Waals surface area contributed by atoms with Crippen LogP contribution >= 0.6 is 11.6 Å². The zero-order valence-corrected chi connectivity index (χ0v) is 13.3. The van der Waals surface area contributed by atoms with Gasteiger partial charge in [0.1, 0.15) is 5.75 Å². The quantitative estimate of drug-likeness (QED) is 0.849. The Kier molecular flexibility index (Phi) is 6.30. The molecule has 0 spiro atoms. The summed E-state index contributed by atoms with van der Waals surface area (Å²) in [6.45, 7) is 7.32. The Labute approximate surface area is 125 Å². The van der Waals surface area contributed by atoms with Crippen molar-refractivity contribution in [3.8, 4) is 5.75 Å². The molecule has 1 aromatic carbocycles. The Morgan fingerprint density at radius 2 is 2.05 bits per heavy atom. The molecule has 1 amide bonds. The first-order valence-corrected chi connectivity index (χ1v) is 7.06. The van der Waals surface area contributed by atoms with E-state index in [1.54, 1.807) is 13.1 Å². The molecule has 0 fully saturated rings. The number of amides is 1. The zero-order valence-electron chi connectivity index (χ0n) is 12.5. The molecule has 112 valence electrons. The minimum atomic E-state index is -0.0340. The Balaban J connectivity index is 2.67. The van der Waals surface area contributed by atoms with E-state index in [0.29, 0.717) is 24.6 Å². The van der Waals surface area contributed by atoms with Gasteiger partial charge in [0, 0.05) is 29.7 Å². The normalized spacial score (nSPS) is 11.2. The Hall–Kier alpha value is -1.26. The number of carbonyl (C=O) groups excluding carboxylic acids is 1. The van der Waals surface area contributed by atoms with E-state index in [1.165, 1.54) is 0 Å². The van der Waals surface area contributed by atoms with Crippen LogP contribution in [0.25, 0.3) is 0 Å². The predicted molar refractivity (Wildman–Crippen MR) is 82.2 cm³/mol. The number of hydrogen-bond acceptors (Lipinski definition) is 3. The summed E-state index contributed by atoms with van der Waals surface area (Å²) in [4.78, 5) is 11.2. The summed E-state index contributed by atoms with van der Waals surface area (Å²) >= 11 is 6.03. The number of ether oxygens (including phenoxy) is 1. The maximum atomic E-state index is 11.2. The minimum absolute atomic E-state index is 0.0156. The van der Waals surface area contributed by atoms with Gasteiger partial charge in [-0.05, 0) is 39.0 Å². The monoisotopic (exact) mass is 298 g/mol. The molecule has 0 saturated carbocycles. The van der Waals surface area contributed by atoms with E-state index in [4.69, 9.17) is 16.3 Å². The second kappa shape index (κ2) is 7.50. The third kappa shape index (κ3) is 6.26. The van der Waals surface area contributed by atoms with E-state index in [2.05, 4.69) is 31.4 Å². The van der Waals surface area contributed by atoms with Crippen LogP contribution in [-0.2, 0) is 11.3 Å². The van der Waals surface area contributed by atoms with Gasteiger partial charge in [-0.15, -0.1) is 0 Å². The van der Waals surface area contributed by atoms with Crippen LogP contribution < -0.4 is 15.4 Å². The number of carbonyl (C=O) groups is 1. The molecule has 20 heavy (non-hydrogen) atoms. The average molecular weight is 299 g/mol. The highest BCUT2D eigenvalue weighted by atomic mass is 35.5. The van der Waals surface area contributed by atoms with Crippen molar-refractivity contribution in [2.24, 2.45) is 0 Å². The van der Waals surface area contributed by atoms with Crippen molar-refractivity contribution in [1.29, 1.82) is 0 Å². The fraction of sp³-hybridized carbons (Fsp3) is 0.533. The predicted octanol–water partition coefficient (Wildman–Crippen LogP) is 2.74. The van der Waals surface area contributed by atoms with Gasteiger partial charge in [-0.3, -0.25) is 4.79 Å². The summed E-state index contributed by atoms with van der Waals surface area (Å²) in [5.74, 6) is 0.725. The van der Waals surface area contributed by atoms with E-state index in [-0.39, 0.29) is 11.4 Å². The van der Waals surface area contributed by atoms with Gasteiger partial charge in [0.15, 0.2) is 0 Å². The molecule has 1 aromatic rings. The fourth-order valence-electron chi connectivity index (χ4n) is 1.57. The van der Waals surface area contributed by atoms with Crippen molar-refractivity contribution < 1.29 is 9.53 Å². The van der Waals surface area contributed by atoms with Crippen LogP contribution in [0.15, 0.2) is 18.2 Å². The van der Waals surface area contributed by atoms with Gasteiger partial charge in [-0.2, -0.15) is 0 Å². The molecule has 0 saturated heterocycles. The third-order valence-corrected chi connectivity index (χ3v) is 2.93. The molecule has 1 rings (SSSR count). The lowest BCUT2D eigenvalue weighted by Gasteiger charge is -2.21. The molecule has 4 nitrogen and oxygen atoms in total. The van der Waals surface area contributed by atoms with Crippen LogP contribution in [0.1, 0.15) is 32.8 Å². The molecular weight excluding hydrogens is 276 g/mol. The van der Waals surface area contributed by atoms with Crippen LogP contribution in [0.2, 0.25) is 5.02 Å². The van der Waals surface area contributed by atoms with Gasteiger partial charge < -0.3 is 15.4 Å². The second-order valence-electron chi connectivity index (χ2n) is 5.63. The highest BCUT2D eigenvalue weighted by Gasteiger charge is 2.12. The molecular formula is C15H23ClN2O2.